The summed E-state index contributed by atoms with van der Waals surface area (Å²) in [6, 6.07) is 9.31. The van der Waals surface area contributed by atoms with Gasteiger partial charge in [0.2, 0.25) is 12.7 Å². The van der Waals surface area contributed by atoms with Crippen LogP contribution in [0.5, 0.6) is 17.2 Å². The second kappa shape index (κ2) is 6.49. The summed E-state index contributed by atoms with van der Waals surface area (Å²) in [7, 11) is 0. The van der Waals surface area contributed by atoms with Gasteiger partial charge in [0, 0.05) is 10.9 Å². The number of carbonyl (C=O) groups is 1. The van der Waals surface area contributed by atoms with Crippen LogP contribution >= 0.6 is 11.3 Å². The highest BCUT2D eigenvalue weighted by atomic mass is 32.1. The molecular formula is C15H15NO4S. The topological polar surface area (TPSA) is 56.8 Å². The minimum absolute atomic E-state index is 0.00624. The number of fused-ring (bicyclic) bond motifs is 1. The summed E-state index contributed by atoms with van der Waals surface area (Å²) < 4.78 is 16.1. The van der Waals surface area contributed by atoms with Gasteiger partial charge in [0.1, 0.15) is 12.4 Å². The van der Waals surface area contributed by atoms with Crippen LogP contribution in [0.1, 0.15) is 4.88 Å². The van der Waals surface area contributed by atoms with E-state index >= 15 is 0 Å². The monoisotopic (exact) mass is 305 g/mol. The normalized spacial score (nSPS) is 12.2. The maximum absolute atomic E-state index is 11.7. The van der Waals surface area contributed by atoms with Crippen molar-refractivity contribution in [3.05, 3.63) is 40.6 Å². The van der Waals surface area contributed by atoms with Crippen LogP contribution in [0.4, 0.5) is 0 Å². The lowest BCUT2D eigenvalue weighted by molar-refractivity contribution is -0.120. The molecule has 0 unspecified atom stereocenters. The zero-order chi connectivity index (χ0) is 14.5. The SMILES string of the molecule is O=C(Cc1cccs1)NCCOc1ccc2c(c1)OCO2. The molecule has 21 heavy (non-hydrogen) atoms. The van der Waals surface area contributed by atoms with E-state index in [2.05, 4.69) is 5.32 Å². The molecule has 1 aliphatic heterocycles. The van der Waals surface area contributed by atoms with Crippen LogP contribution in [0.2, 0.25) is 0 Å². The molecule has 0 saturated heterocycles. The molecule has 1 aliphatic rings. The van der Waals surface area contributed by atoms with Crippen molar-refractivity contribution in [3.8, 4) is 17.2 Å². The predicted molar refractivity (Wildman–Crippen MR) is 79.1 cm³/mol. The van der Waals surface area contributed by atoms with Crippen LogP contribution in [0.15, 0.2) is 35.7 Å². The Labute approximate surface area is 126 Å². The average Bonchev–Trinajstić information content (AvgIpc) is 3.14. The van der Waals surface area contributed by atoms with Crippen molar-refractivity contribution in [2.24, 2.45) is 0 Å². The molecule has 0 fully saturated rings. The average molecular weight is 305 g/mol. The summed E-state index contributed by atoms with van der Waals surface area (Å²) in [6.45, 7) is 1.13. The fraction of sp³-hybridized carbons (Fsp3) is 0.267. The van der Waals surface area contributed by atoms with E-state index in [1.54, 1.807) is 17.4 Å². The highest BCUT2D eigenvalue weighted by Crippen LogP contribution is 2.34. The molecule has 110 valence electrons. The van der Waals surface area contributed by atoms with Crippen molar-refractivity contribution >= 4 is 17.2 Å². The largest absolute Gasteiger partial charge is 0.492 e. The van der Waals surface area contributed by atoms with E-state index in [1.807, 2.05) is 29.6 Å². The first-order valence-corrected chi connectivity index (χ1v) is 7.51. The lowest BCUT2D eigenvalue weighted by Crippen LogP contribution is -2.29. The Kier molecular flexibility index (Phi) is 4.25. The highest BCUT2D eigenvalue weighted by Gasteiger charge is 2.13. The van der Waals surface area contributed by atoms with Gasteiger partial charge in [0.25, 0.3) is 0 Å². The third kappa shape index (κ3) is 3.66. The van der Waals surface area contributed by atoms with E-state index in [1.165, 1.54) is 0 Å². The van der Waals surface area contributed by atoms with Gasteiger partial charge in [0.15, 0.2) is 11.5 Å². The maximum Gasteiger partial charge on any atom is 0.231 e. The third-order valence-electron chi connectivity index (χ3n) is 2.95. The summed E-state index contributed by atoms with van der Waals surface area (Å²) in [5.41, 5.74) is 0. The molecule has 6 heteroatoms. The minimum atomic E-state index is 0.00624. The molecule has 0 atom stereocenters. The second-order valence-corrected chi connectivity index (χ2v) is 5.50. The number of rotatable bonds is 6. The number of carbonyl (C=O) groups excluding carboxylic acids is 1. The first-order valence-electron chi connectivity index (χ1n) is 6.63. The molecule has 0 bridgehead atoms. The van der Waals surface area contributed by atoms with Crippen LogP contribution in [-0.4, -0.2) is 25.9 Å². The highest BCUT2D eigenvalue weighted by molar-refractivity contribution is 7.10. The van der Waals surface area contributed by atoms with E-state index in [9.17, 15) is 4.79 Å². The predicted octanol–water partition coefficient (Wildman–Crippen LogP) is 2.21. The van der Waals surface area contributed by atoms with Gasteiger partial charge in [-0.15, -0.1) is 11.3 Å². The number of benzene rings is 1. The van der Waals surface area contributed by atoms with Crippen molar-refractivity contribution < 1.29 is 19.0 Å². The molecule has 0 aliphatic carbocycles. The summed E-state index contributed by atoms with van der Waals surface area (Å²) in [4.78, 5) is 12.7. The van der Waals surface area contributed by atoms with Gasteiger partial charge in [-0.1, -0.05) is 6.07 Å². The van der Waals surface area contributed by atoms with Gasteiger partial charge < -0.3 is 19.5 Å². The quantitative estimate of drug-likeness (QED) is 0.831. The Morgan fingerprint density at radius 1 is 1.29 bits per heavy atom. The number of hydrogen-bond acceptors (Lipinski definition) is 5. The van der Waals surface area contributed by atoms with Crippen LogP contribution in [0.3, 0.4) is 0 Å². The molecular weight excluding hydrogens is 290 g/mol. The van der Waals surface area contributed by atoms with E-state index < -0.39 is 0 Å². The Morgan fingerprint density at radius 2 is 2.19 bits per heavy atom. The number of nitrogens with one attached hydrogen (secondary N) is 1. The smallest absolute Gasteiger partial charge is 0.231 e. The fourth-order valence-corrected chi connectivity index (χ4v) is 2.66. The zero-order valence-electron chi connectivity index (χ0n) is 11.3. The summed E-state index contributed by atoms with van der Waals surface area (Å²) in [6.07, 6.45) is 0.418. The molecule has 0 radical (unpaired) electrons. The molecule has 5 nitrogen and oxygen atoms in total. The summed E-state index contributed by atoms with van der Waals surface area (Å²) in [5, 5.41) is 4.79. The first-order chi connectivity index (χ1) is 10.3. The molecule has 1 amide bonds. The summed E-state index contributed by atoms with van der Waals surface area (Å²) >= 11 is 1.58. The lowest BCUT2D eigenvalue weighted by atomic mass is 10.3. The van der Waals surface area contributed by atoms with Gasteiger partial charge in [0.05, 0.1) is 13.0 Å². The lowest BCUT2D eigenvalue weighted by Gasteiger charge is -2.08. The number of thiophene rings is 1. The first kappa shape index (κ1) is 13.8. The van der Waals surface area contributed by atoms with Crippen molar-refractivity contribution in [1.82, 2.24) is 5.32 Å². The van der Waals surface area contributed by atoms with E-state index in [0.29, 0.717) is 31.1 Å². The zero-order valence-corrected chi connectivity index (χ0v) is 12.2. The molecule has 1 N–H and O–H groups in total. The van der Waals surface area contributed by atoms with Crippen LogP contribution < -0.4 is 19.5 Å². The minimum Gasteiger partial charge on any atom is -0.492 e. The van der Waals surface area contributed by atoms with Crippen molar-refractivity contribution in [3.63, 3.8) is 0 Å². The van der Waals surface area contributed by atoms with Gasteiger partial charge >= 0.3 is 0 Å². The Balaban J connectivity index is 1.39. The fourth-order valence-electron chi connectivity index (χ4n) is 1.96. The van der Waals surface area contributed by atoms with Gasteiger partial charge in [-0.3, -0.25) is 4.79 Å². The molecule has 0 spiro atoms. The van der Waals surface area contributed by atoms with Gasteiger partial charge in [-0.2, -0.15) is 0 Å². The van der Waals surface area contributed by atoms with Crippen molar-refractivity contribution in [1.29, 1.82) is 0 Å². The van der Waals surface area contributed by atoms with Crippen molar-refractivity contribution in [2.45, 2.75) is 6.42 Å². The maximum atomic E-state index is 11.7. The molecule has 0 saturated carbocycles. The molecule has 1 aromatic carbocycles. The molecule has 1 aromatic heterocycles. The van der Waals surface area contributed by atoms with E-state index in [-0.39, 0.29) is 12.7 Å². The third-order valence-corrected chi connectivity index (χ3v) is 3.83. The number of amides is 1. The van der Waals surface area contributed by atoms with Crippen LogP contribution in [0, 0.1) is 0 Å². The standard InChI is InChI=1S/C15H15NO4S/c17-15(9-12-2-1-7-21-12)16-5-6-18-11-3-4-13-14(8-11)20-10-19-13/h1-4,7-8H,5-6,9-10H2,(H,16,17). The number of ether oxygens (including phenoxy) is 3. The Morgan fingerprint density at radius 3 is 3.05 bits per heavy atom. The Bertz CT molecular complexity index is 612. The van der Waals surface area contributed by atoms with Gasteiger partial charge in [-0.05, 0) is 23.6 Å². The Hall–Kier alpha value is -2.21. The van der Waals surface area contributed by atoms with Crippen LogP contribution in [-0.2, 0) is 11.2 Å². The molecule has 2 aromatic rings. The molecule has 2 heterocycles. The van der Waals surface area contributed by atoms with E-state index in [0.717, 1.165) is 10.6 Å². The second-order valence-electron chi connectivity index (χ2n) is 4.47. The molecule has 3 rings (SSSR count). The van der Waals surface area contributed by atoms with Gasteiger partial charge in [-0.25, -0.2) is 0 Å². The summed E-state index contributed by atoms with van der Waals surface area (Å²) in [5.74, 6) is 2.12. The van der Waals surface area contributed by atoms with Crippen molar-refractivity contribution in [2.75, 3.05) is 19.9 Å². The van der Waals surface area contributed by atoms with E-state index in [4.69, 9.17) is 14.2 Å². The number of hydrogen-bond donors (Lipinski definition) is 1. The van der Waals surface area contributed by atoms with Crippen LogP contribution in [0.25, 0.3) is 0 Å².